The van der Waals surface area contributed by atoms with Gasteiger partial charge in [0.1, 0.15) is 0 Å². The monoisotopic (exact) mass is 331 g/mol. The summed E-state index contributed by atoms with van der Waals surface area (Å²) in [7, 11) is 0. The first-order valence-electron chi connectivity index (χ1n) is 9.21. The van der Waals surface area contributed by atoms with E-state index < -0.39 is 0 Å². The number of amides is 1. The van der Waals surface area contributed by atoms with E-state index in [1.54, 1.807) is 6.07 Å². The summed E-state index contributed by atoms with van der Waals surface area (Å²) in [6.45, 7) is 10.5. The highest BCUT2D eigenvalue weighted by atomic mass is 16.1. The van der Waals surface area contributed by atoms with Crippen molar-refractivity contribution in [3.63, 3.8) is 0 Å². The highest BCUT2D eigenvalue weighted by molar-refractivity contribution is 5.92. The van der Waals surface area contributed by atoms with Crippen LogP contribution >= 0.6 is 0 Å². The normalized spacial score (nSPS) is 25.0. The Morgan fingerprint density at radius 1 is 1.17 bits per heavy atom. The lowest BCUT2D eigenvalue weighted by Gasteiger charge is -2.34. The lowest BCUT2D eigenvalue weighted by atomic mass is 9.92. The van der Waals surface area contributed by atoms with Crippen LogP contribution < -0.4 is 10.2 Å². The van der Waals surface area contributed by atoms with Gasteiger partial charge in [-0.15, -0.1) is 10.2 Å². The summed E-state index contributed by atoms with van der Waals surface area (Å²) in [5.41, 5.74) is 0.401. The summed E-state index contributed by atoms with van der Waals surface area (Å²) in [5.74, 6) is 2.23. The molecule has 2 fully saturated rings. The minimum absolute atomic E-state index is 0.131. The van der Waals surface area contributed by atoms with Gasteiger partial charge in [0, 0.05) is 39.3 Å². The number of nitrogens with zero attached hydrogens (tertiary/aromatic N) is 4. The summed E-state index contributed by atoms with van der Waals surface area (Å²) in [5, 5.41) is 11.3. The van der Waals surface area contributed by atoms with Crippen molar-refractivity contribution in [2.24, 2.45) is 11.8 Å². The van der Waals surface area contributed by atoms with E-state index in [2.05, 4.69) is 39.2 Å². The SMILES string of the molecule is C[C@H]1C[C@H](C)CN(CCNC(=O)c2ccc(N3CCCC3)nn2)C1. The molecule has 0 radical (unpaired) electrons. The smallest absolute Gasteiger partial charge is 0.271 e. The second-order valence-electron chi connectivity index (χ2n) is 7.43. The van der Waals surface area contributed by atoms with E-state index in [9.17, 15) is 4.79 Å². The molecule has 3 rings (SSSR count). The molecule has 6 heteroatoms. The van der Waals surface area contributed by atoms with Crippen LogP contribution in [0.15, 0.2) is 12.1 Å². The van der Waals surface area contributed by atoms with E-state index in [1.165, 1.54) is 19.3 Å². The summed E-state index contributed by atoms with van der Waals surface area (Å²) in [4.78, 5) is 16.9. The molecule has 2 aliphatic heterocycles. The van der Waals surface area contributed by atoms with Crippen molar-refractivity contribution in [1.82, 2.24) is 20.4 Å². The van der Waals surface area contributed by atoms with Crippen LogP contribution in [0.25, 0.3) is 0 Å². The van der Waals surface area contributed by atoms with Gasteiger partial charge in [-0.3, -0.25) is 4.79 Å². The van der Waals surface area contributed by atoms with Gasteiger partial charge in [0.15, 0.2) is 11.5 Å². The van der Waals surface area contributed by atoms with Gasteiger partial charge in [-0.05, 0) is 43.2 Å². The van der Waals surface area contributed by atoms with Gasteiger partial charge in [-0.2, -0.15) is 0 Å². The molecule has 1 N–H and O–H groups in total. The molecule has 0 aliphatic carbocycles. The van der Waals surface area contributed by atoms with Gasteiger partial charge in [0.25, 0.3) is 5.91 Å². The number of aromatic nitrogens is 2. The van der Waals surface area contributed by atoms with Crippen molar-refractivity contribution in [3.8, 4) is 0 Å². The first-order valence-corrected chi connectivity index (χ1v) is 9.21. The Kier molecular flexibility index (Phi) is 5.66. The lowest BCUT2D eigenvalue weighted by molar-refractivity contribution is 0.0931. The second kappa shape index (κ2) is 7.92. The Morgan fingerprint density at radius 2 is 1.88 bits per heavy atom. The number of carbonyl (C=O) groups excluding carboxylic acids is 1. The van der Waals surface area contributed by atoms with Crippen molar-refractivity contribution >= 4 is 11.7 Å². The molecule has 132 valence electrons. The van der Waals surface area contributed by atoms with E-state index in [-0.39, 0.29) is 5.91 Å². The molecule has 2 aliphatic rings. The summed E-state index contributed by atoms with van der Waals surface area (Å²) >= 11 is 0. The van der Waals surface area contributed by atoms with Crippen molar-refractivity contribution in [1.29, 1.82) is 0 Å². The predicted molar refractivity (Wildman–Crippen MR) is 95.2 cm³/mol. The predicted octanol–water partition coefficient (Wildman–Crippen LogP) is 1.78. The van der Waals surface area contributed by atoms with Crippen LogP contribution in [0, 0.1) is 11.8 Å². The molecule has 24 heavy (non-hydrogen) atoms. The van der Waals surface area contributed by atoms with Crippen molar-refractivity contribution in [2.75, 3.05) is 44.2 Å². The quantitative estimate of drug-likeness (QED) is 0.891. The zero-order valence-corrected chi connectivity index (χ0v) is 14.9. The Labute approximate surface area is 144 Å². The van der Waals surface area contributed by atoms with Crippen LogP contribution in [-0.2, 0) is 0 Å². The average Bonchev–Trinajstić information content (AvgIpc) is 3.08. The zero-order valence-electron chi connectivity index (χ0n) is 14.9. The molecule has 6 nitrogen and oxygen atoms in total. The number of nitrogens with one attached hydrogen (secondary N) is 1. The summed E-state index contributed by atoms with van der Waals surface area (Å²) < 4.78 is 0. The molecule has 1 aromatic heterocycles. The number of hydrogen-bond acceptors (Lipinski definition) is 5. The van der Waals surface area contributed by atoms with Crippen LogP contribution in [0.2, 0.25) is 0 Å². The number of anilines is 1. The molecule has 2 atom stereocenters. The third-order valence-corrected chi connectivity index (χ3v) is 4.97. The molecule has 0 unspecified atom stereocenters. The molecule has 0 aromatic carbocycles. The van der Waals surface area contributed by atoms with Gasteiger partial charge in [0.2, 0.25) is 0 Å². The second-order valence-corrected chi connectivity index (χ2v) is 7.43. The molecule has 0 bridgehead atoms. The first kappa shape index (κ1) is 17.1. The molecule has 3 heterocycles. The van der Waals surface area contributed by atoms with Crippen LogP contribution in [0.1, 0.15) is 43.6 Å². The number of hydrogen-bond donors (Lipinski definition) is 1. The highest BCUT2D eigenvalue weighted by Gasteiger charge is 2.21. The van der Waals surface area contributed by atoms with Crippen LogP contribution in [-0.4, -0.2) is 60.3 Å². The van der Waals surface area contributed by atoms with Crippen LogP contribution in [0.5, 0.6) is 0 Å². The Bertz CT molecular complexity index is 531. The largest absolute Gasteiger partial charge is 0.355 e. The van der Waals surface area contributed by atoms with Crippen molar-refractivity contribution < 1.29 is 4.79 Å². The van der Waals surface area contributed by atoms with Gasteiger partial charge in [-0.25, -0.2) is 0 Å². The number of likely N-dealkylation sites (tertiary alicyclic amines) is 1. The first-order chi connectivity index (χ1) is 11.6. The fraction of sp³-hybridized carbons (Fsp3) is 0.722. The molecule has 0 spiro atoms. The molecule has 2 saturated heterocycles. The van der Waals surface area contributed by atoms with E-state index in [4.69, 9.17) is 0 Å². The number of rotatable bonds is 5. The zero-order chi connectivity index (χ0) is 16.9. The number of piperidine rings is 1. The maximum Gasteiger partial charge on any atom is 0.271 e. The van der Waals surface area contributed by atoms with Crippen LogP contribution in [0.3, 0.4) is 0 Å². The fourth-order valence-electron chi connectivity index (χ4n) is 3.95. The average molecular weight is 331 g/mol. The third kappa shape index (κ3) is 4.44. The van der Waals surface area contributed by atoms with Crippen molar-refractivity contribution in [3.05, 3.63) is 17.8 Å². The molecule has 1 amide bonds. The van der Waals surface area contributed by atoms with Gasteiger partial charge >= 0.3 is 0 Å². The molecular formula is C18H29N5O. The van der Waals surface area contributed by atoms with Gasteiger partial charge in [-0.1, -0.05) is 13.8 Å². The minimum atomic E-state index is -0.131. The van der Waals surface area contributed by atoms with E-state index in [0.29, 0.717) is 12.2 Å². The topological polar surface area (TPSA) is 61.4 Å². The Balaban J connectivity index is 1.44. The van der Waals surface area contributed by atoms with Crippen molar-refractivity contribution in [2.45, 2.75) is 33.1 Å². The van der Waals surface area contributed by atoms with E-state index >= 15 is 0 Å². The summed E-state index contributed by atoms with van der Waals surface area (Å²) in [6.07, 6.45) is 3.72. The van der Waals surface area contributed by atoms with E-state index in [0.717, 1.165) is 50.4 Å². The van der Waals surface area contributed by atoms with Gasteiger partial charge in [0.05, 0.1) is 0 Å². The van der Waals surface area contributed by atoms with Gasteiger partial charge < -0.3 is 15.1 Å². The third-order valence-electron chi connectivity index (χ3n) is 4.97. The minimum Gasteiger partial charge on any atom is -0.355 e. The van der Waals surface area contributed by atoms with Crippen LogP contribution in [0.4, 0.5) is 5.82 Å². The maximum atomic E-state index is 12.2. The molecule has 1 aromatic rings. The molecular weight excluding hydrogens is 302 g/mol. The fourth-order valence-corrected chi connectivity index (χ4v) is 3.95. The summed E-state index contributed by atoms with van der Waals surface area (Å²) in [6, 6.07) is 3.68. The Morgan fingerprint density at radius 3 is 2.50 bits per heavy atom. The van der Waals surface area contributed by atoms with E-state index in [1.807, 2.05) is 6.07 Å². The molecule has 0 saturated carbocycles. The highest BCUT2D eigenvalue weighted by Crippen LogP contribution is 2.20. The standard InChI is InChI=1S/C18H29N5O/c1-14-11-15(2)13-22(12-14)10-7-19-18(24)16-5-6-17(21-20-16)23-8-3-4-9-23/h5-6,14-15H,3-4,7-13H2,1-2H3,(H,19,24)/t14-,15-/m0/s1. The number of carbonyl (C=O) groups is 1. The maximum absolute atomic E-state index is 12.2. The Hall–Kier alpha value is -1.69. The lowest BCUT2D eigenvalue weighted by Crippen LogP contribution is -2.43.